The molecule has 0 saturated carbocycles. The smallest absolute Gasteiger partial charge is 0.385 e. The Morgan fingerprint density at radius 2 is 1.74 bits per heavy atom. The maximum absolute atomic E-state index is 12.5. The van der Waals surface area contributed by atoms with Crippen LogP contribution in [-0.4, -0.2) is 14.2 Å². The van der Waals surface area contributed by atoms with E-state index in [0.29, 0.717) is 23.0 Å². The molecule has 0 aromatic heterocycles. The monoisotopic (exact) mass is 275 g/mol. The minimum Gasteiger partial charge on any atom is -0.497 e. The van der Waals surface area contributed by atoms with Crippen molar-refractivity contribution in [2.75, 3.05) is 14.2 Å². The van der Waals surface area contributed by atoms with Crippen LogP contribution in [0.25, 0.3) is 0 Å². The second-order valence-corrected chi connectivity index (χ2v) is 5.62. The van der Waals surface area contributed by atoms with E-state index in [0.717, 1.165) is 5.56 Å². The Kier molecular flexibility index (Phi) is 4.53. The molecule has 2 aromatic carbocycles. The first kappa shape index (κ1) is 13.6. The van der Waals surface area contributed by atoms with Gasteiger partial charge in [-0.25, -0.2) is 0 Å². The maximum Gasteiger partial charge on any atom is 0.385 e. The topological polar surface area (TPSA) is 35.5 Å². The highest BCUT2D eigenvalue weighted by atomic mass is 31.1. The van der Waals surface area contributed by atoms with E-state index in [1.165, 1.54) is 0 Å². The van der Waals surface area contributed by atoms with Gasteiger partial charge in [0, 0.05) is 11.6 Å². The highest BCUT2D eigenvalue weighted by Gasteiger charge is 2.26. The standard InChI is InChI=1S/C15H16O3P/c1-17-13-8-9-14(18-2)15(10-13)19(16)11-12-6-4-3-5-7-12/h3-10H,11H2,1-2H3/q+1. The third kappa shape index (κ3) is 3.33. The van der Waals surface area contributed by atoms with Gasteiger partial charge in [0.05, 0.1) is 14.2 Å². The summed E-state index contributed by atoms with van der Waals surface area (Å²) in [6, 6.07) is 15.1. The average molecular weight is 275 g/mol. The van der Waals surface area contributed by atoms with Crippen LogP contribution >= 0.6 is 7.80 Å². The highest BCUT2D eigenvalue weighted by molar-refractivity contribution is 7.53. The SMILES string of the molecule is COc1ccc(OC)c([P+](=O)Cc2ccccc2)c1. The molecule has 0 amide bonds. The van der Waals surface area contributed by atoms with Crippen molar-refractivity contribution >= 4 is 13.1 Å². The van der Waals surface area contributed by atoms with Crippen LogP contribution in [0.4, 0.5) is 0 Å². The number of benzene rings is 2. The quantitative estimate of drug-likeness (QED) is 0.785. The molecule has 0 N–H and O–H groups in total. The molecule has 0 bridgehead atoms. The molecule has 0 fully saturated rings. The van der Waals surface area contributed by atoms with Crippen LogP contribution in [0, 0.1) is 0 Å². The number of ether oxygens (including phenoxy) is 2. The van der Waals surface area contributed by atoms with Crippen LogP contribution in [0.5, 0.6) is 11.5 Å². The van der Waals surface area contributed by atoms with E-state index in [9.17, 15) is 4.57 Å². The fourth-order valence-corrected chi connectivity index (χ4v) is 3.22. The molecule has 0 aliphatic carbocycles. The zero-order valence-electron chi connectivity index (χ0n) is 11.0. The zero-order chi connectivity index (χ0) is 13.7. The van der Waals surface area contributed by atoms with Crippen molar-refractivity contribution in [1.29, 1.82) is 0 Å². The molecule has 19 heavy (non-hydrogen) atoms. The van der Waals surface area contributed by atoms with Crippen molar-refractivity contribution in [3.8, 4) is 11.5 Å². The van der Waals surface area contributed by atoms with Gasteiger partial charge in [-0.1, -0.05) is 34.9 Å². The van der Waals surface area contributed by atoms with Crippen LogP contribution in [-0.2, 0) is 10.7 Å². The fraction of sp³-hybridized carbons (Fsp3) is 0.200. The molecule has 0 heterocycles. The van der Waals surface area contributed by atoms with Gasteiger partial charge in [-0.15, -0.1) is 0 Å². The van der Waals surface area contributed by atoms with Gasteiger partial charge in [0.2, 0.25) is 5.30 Å². The van der Waals surface area contributed by atoms with Gasteiger partial charge in [0.15, 0.2) is 11.9 Å². The first-order valence-electron chi connectivity index (χ1n) is 5.95. The van der Waals surface area contributed by atoms with Crippen LogP contribution in [0.2, 0.25) is 0 Å². The van der Waals surface area contributed by atoms with E-state index >= 15 is 0 Å². The lowest BCUT2D eigenvalue weighted by atomic mass is 10.2. The lowest BCUT2D eigenvalue weighted by Gasteiger charge is -2.03. The van der Waals surface area contributed by atoms with Crippen molar-refractivity contribution in [2.24, 2.45) is 0 Å². The van der Waals surface area contributed by atoms with Gasteiger partial charge < -0.3 is 9.47 Å². The Morgan fingerprint density at radius 1 is 1.00 bits per heavy atom. The van der Waals surface area contributed by atoms with E-state index in [2.05, 4.69) is 0 Å². The summed E-state index contributed by atoms with van der Waals surface area (Å²) in [5.74, 6) is 1.32. The molecule has 0 radical (unpaired) electrons. The largest absolute Gasteiger partial charge is 0.497 e. The van der Waals surface area contributed by atoms with E-state index in [1.807, 2.05) is 30.3 Å². The summed E-state index contributed by atoms with van der Waals surface area (Å²) in [5, 5.41) is 0.695. The van der Waals surface area contributed by atoms with Gasteiger partial charge in [-0.3, -0.25) is 0 Å². The third-order valence-electron chi connectivity index (χ3n) is 2.82. The molecule has 4 heteroatoms. The lowest BCUT2D eigenvalue weighted by Crippen LogP contribution is -2.04. The Labute approximate surface area is 114 Å². The molecule has 1 unspecified atom stereocenters. The number of methoxy groups -OCH3 is 2. The predicted octanol–water partition coefficient (Wildman–Crippen LogP) is 3.36. The summed E-state index contributed by atoms with van der Waals surface area (Å²) in [4.78, 5) is 0. The van der Waals surface area contributed by atoms with Gasteiger partial charge in [0.25, 0.3) is 0 Å². The van der Waals surface area contributed by atoms with Crippen LogP contribution in [0.1, 0.15) is 5.56 Å². The summed E-state index contributed by atoms with van der Waals surface area (Å²) in [6.07, 6.45) is 0.500. The summed E-state index contributed by atoms with van der Waals surface area (Å²) in [7, 11) is 1.62. The second kappa shape index (κ2) is 6.35. The average Bonchev–Trinajstić information content (AvgIpc) is 2.47. The van der Waals surface area contributed by atoms with E-state index < -0.39 is 7.80 Å². The molecule has 1 atom stereocenters. The summed E-state index contributed by atoms with van der Waals surface area (Å²) in [6.45, 7) is 0. The Bertz CT molecular complexity index is 567. The lowest BCUT2D eigenvalue weighted by molar-refractivity contribution is 0.405. The van der Waals surface area contributed by atoms with Gasteiger partial charge >= 0.3 is 7.80 Å². The van der Waals surface area contributed by atoms with Crippen LogP contribution < -0.4 is 14.8 Å². The van der Waals surface area contributed by atoms with Crippen molar-refractivity contribution < 1.29 is 14.0 Å². The van der Waals surface area contributed by atoms with Crippen LogP contribution in [0.15, 0.2) is 48.5 Å². The molecule has 2 rings (SSSR count). The Balaban J connectivity index is 2.27. The van der Waals surface area contributed by atoms with Crippen LogP contribution in [0.3, 0.4) is 0 Å². The van der Waals surface area contributed by atoms with E-state index in [4.69, 9.17) is 9.47 Å². The maximum atomic E-state index is 12.5. The number of hydrogen-bond acceptors (Lipinski definition) is 3. The normalized spacial score (nSPS) is 10.9. The fourth-order valence-electron chi connectivity index (χ4n) is 1.83. The molecule has 2 aromatic rings. The molecular formula is C15H16O3P+. The minimum absolute atomic E-state index is 0.500. The van der Waals surface area contributed by atoms with Crippen molar-refractivity contribution in [3.05, 3.63) is 54.1 Å². The van der Waals surface area contributed by atoms with Crippen molar-refractivity contribution in [2.45, 2.75) is 6.16 Å². The first-order valence-corrected chi connectivity index (χ1v) is 7.39. The van der Waals surface area contributed by atoms with Gasteiger partial charge in [-0.05, 0) is 12.1 Å². The molecule has 98 valence electrons. The van der Waals surface area contributed by atoms with Gasteiger partial charge in [0.1, 0.15) is 5.75 Å². The third-order valence-corrected chi connectivity index (χ3v) is 4.36. The zero-order valence-corrected chi connectivity index (χ0v) is 11.9. The summed E-state index contributed by atoms with van der Waals surface area (Å²) in [5.41, 5.74) is 1.05. The highest BCUT2D eigenvalue weighted by Crippen LogP contribution is 2.32. The Morgan fingerprint density at radius 3 is 2.37 bits per heavy atom. The summed E-state index contributed by atoms with van der Waals surface area (Å²) >= 11 is 0. The second-order valence-electron chi connectivity index (χ2n) is 4.06. The van der Waals surface area contributed by atoms with E-state index in [-0.39, 0.29) is 0 Å². The minimum atomic E-state index is -1.56. The number of rotatable bonds is 5. The summed E-state index contributed by atoms with van der Waals surface area (Å²) < 4.78 is 22.9. The van der Waals surface area contributed by atoms with Gasteiger partial charge in [-0.2, -0.15) is 0 Å². The molecule has 3 nitrogen and oxygen atoms in total. The van der Waals surface area contributed by atoms with E-state index in [1.54, 1.807) is 32.4 Å². The first-order chi connectivity index (χ1) is 9.24. The Hall–Kier alpha value is -1.86. The van der Waals surface area contributed by atoms with Crippen molar-refractivity contribution in [1.82, 2.24) is 0 Å². The molecule has 0 saturated heterocycles. The molecule has 0 aliphatic heterocycles. The predicted molar refractivity (Wildman–Crippen MR) is 76.9 cm³/mol. The molecular weight excluding hydrogens is 259 g/mol. The van der Waals surface area contributed by atoms with Crippen molar-refractivity contribution in [3.63, 3.8) is 0 Å². The molecule has 0 aliphatic rings. The number of hydrogen-bond donors (Lipinski definition) is 0. The molecule has 0 spiro atoms.